The summed E-state index contributed by atoms with van der Waals surface area (Å²) in [6.45, 7) is 6.88. The van der Waals surface area contributed by atoms with Crippen LogP contribution in [0.5, 0.6) is 0 Å². The molecule has 2 amide bonds. The molecular formula is C20H27N3O2. The number of H-pyrrole nitrogens is 1. The lowest BCUT2D eigenvalue weighted by Crippen LogP contribution is -2.38. The predicted molar refractivity (Wildman–Crippen MR) is 99.2 cm³/mol. The Balaban J connectivity index is 1.60. The van der Waals surface area contributed by atoms with Crippen LogP contribution in [0.25, 0.3) is 10.9 Å². The third-order valence-electron chi connectivity index (χ3n) is 4.80. The van der Waals surface area contributed by atoms with Crippen LogP contribution in [-0.2, 0) is 16.0 Å². The minimum Gasteiger partial charge on any atom is -0.361 e. The monoisotopic (exact) mass is 341 g/mol. The summed E-state index contributed by atoms with van der Waals surface area (Å²) >= 11 is 0. The van der Waals surface area contributed by atoms with Crippen LogP contribution in [0.1, 0.15) is 32.3 Å². The molecule has 1 N–H and O–H groups in total. The summed E-state index contributed by atoms with van der Waals surface area (Å²) in [5, 5.41) is 1.11. The second-order valence-electron chi connectivity index (χ2n) is 7.25. The molecule has 1 saturated heterocycles. The van der Waals surface area contributed by atoms with Gasteiger partial charge in [-0.15, -0.1) is 0 Å². The number of aromatic amines is 1. The summed E-state index contributed by atoms with van der Waals surface area (Å²) in [6.07, 6.45) is 3.77. The first-order valence-corrected chi connectivity index (χ1v) is 9.15. The van der Waals surface area contributed by atoms with Crippen molar-refractivity contribution in [1.82, 2.24) is 14.8 Å². The van der Waals surface area contributed by atoms with Gasteiger partial charge in [0.2, 0.25) is 11.8 Å². The van der Waals surface area contributed by atoms with E-state index in [9.17, 15) is 9.59 Å². The zero-order valence-electron chi connectivity index (χ0n) is 15.1. The minimum atomic E-state index is 0.142. The van der Waals surface area contributed by atoms with E-state index in [4.69, 9.17) is 0 Å². The number of aromatic nitrogens is 1. The highest BCUT2D eigenvalue weighted by molar-refractivity contribution is 5.89. The van der Waals surface area contributed by atoms with E-state index in [1.54, 1.807) is 0 Å². The van der Waals surface area contributed by atoms with Crippen molar-refractivity contribution in [2.45, 2.75) is 33.1 Å². The van der Waals surface area contributed by atoms with Gasteiger partial charge < -0.3 is 14.8 Å². The molecule has 134 valence electrons. The van der Waals surface area contributed by atoms with Crippen LogP contribution in [0.4, 0.5) is 0 Å². The van der Waals surface area contributed by atoms with Crippen LogP contribution < -0.4 is 0 Å². The Morgan fingerprint density at radius 3 is 2.44 bits per heavy atom. The van der Waals surface area contributed by atoms with Crippen molar-refractivity contribution in [3.8, 4) is 0 Å². The first-order chi connectivity index (χ1) is 12.0. The van der Waals surface area contributed by atoms with Gasteiger partial charge in [0.05, 0.1) is 6.42 Å². The summed E-state index contributed by atoms with van der Waals surface area (Å²) in [4.78, 5) is 32.0. The minimum absolute atomic E-state index is 0.142. The van der Waals surface area contributed by atoms with Crippen molar-refractivity contribution in [2.24, 2.45) is 5.92 Å². The number of carbonyl (C=O) groups excluding carboxylic acids is 2. The van der Waals surface area contributed by atoms with Gasteiger partial charge in [0, 0.05) is 49.7 Å². The van der Waals surface area contributed by atoms with Crippen LogP contribution >= 0.6 is 0 Å². The smallest absolute Gasteiger partial charge is 0.227 e. The molecule has 1 fully saturated rings. The molecule has 0 unspecified atom stereocenters. The maximum atomic E-state index is 12.7. The third kappa shape index (κ3) is 4.21. The van der Waals surface area contributed by atoms with Gasteiger partial charge in [0.1, 0.15) is 0 Å². The summed E-state index contributed by atoms with van der Waals surface area (Å²) < 4.78 is 0. The van der Waals surface area contributed by atoms with Gasteiger partial charge in [0.15, 0.2) is 0 Å². The molecule has 5 heteroatoms. The number of rotatable bonds is 4. The Hall–Kier alpha value is -2.30. The standard InChI is InChI=1S/C20H27N3O2/c1-15(2)12-19(24)22-8-5-9-23(11-10-22)20(25)13-16-14-21-18-7-4-3-6-17(16)18/h3-4,6-7,14-15,21H,5,8-13H2,1-2H3. The number of para-hydroxylation sites is 1. The lowest BCUT2D eigenvalue weighted by molar-refractivity contribution is -0.133. The molecule has 2 heterocycles. The molecule has 5 nitrogen and oxygen atoms in total. The van der Waals surface area contributed by atoms with Crippen LogP contribution in [0.3, 0.4) is 0 Å². The zero-order valence-corrected chi connectivity index (χ0v) is 15.1. The maximum Gasteiger partial charge on any atom is 0.227 e. The first kappa shape index (κ1) is 17.5. The Kier molecular flexibility index (Phi) is 5.41. The topological polar surface area (TPSA) is 56.4 Å². The van der Waals surface area contributed by atoms with Crippen molar-refractivity contribution in [3.05, 3.63) is 36.0 Å². The second-order valence-corrected chi connectivity index (χ2v) is 7.25. The van der Waals surface area contributed by atoms with Crippen LogP contribution in [0.15, 0.2) is 30.5 Å². The lowest BCUT2D eigenvalue weighted by Gasteiger charge is -2.23. The van der Waals surface area contributed by atoms with Gasteiger partial charge in [-0.05, 0) is 24.0 Å². The van der Waals surface area contributed by atoms with E-state index in [1.165, 1.54) is 0 Å². The fourth-order valence-corrected chi connectivity index (χ4v) is 3.45. The SMILES string of the molecule is CC(C)CC(=O)N1CCCN(C(=O)Cc2c[nH]c3ccccc23)CC1. The molecule has 0 spiro atoms. The number of hydrogen-bond donors (Lipinski definition) is 1. The average Bonchev–Trinajstić information content (AvgIpc) is 2.81. The summed E-state index contributed by atoms with van der Waals surface area (Å²) in [5.74, 6) is 0.721. The molecule has 0 bridgehead atoms. The van der Waals surface area contributed by atoms with Crippen molar-refractivity contribution >= 4 is 22.7 Å². The quantitative estimate of drug-likeness (QED) is 0.930. The number of benzene rings is 1. The average molecular weight is 341 g/mol. The Labute approximate surface area is 149 Å². The molecule has 2 aromatic rings. The summed E-state index contributed by atoms with van der Waals surface area (Å²) in [7, 11) is 0. The third-order valence-corrected chi connectivity index (χ3v) is 4.80. The largest absolute Gasteiger partial charge is 0.361 e. The molecule has 1 aliphatic rings. The first-order valence-electron chi connectivity index (χ1n) is 9.15. The van der Waals surface area contributed by atoms with Gasteiger partial charge >= 0.3 is 0 Å². The van der Waals surface area contributed by atoms with E-state index in [-0.39, 0.29) is 11.8 Å². The highest BCUT2D eigenvalue weighted by Gasteiger charge is 2.22. The van der Waals surface area contributed by atoms with Gasteiger partial charge in [-0.2, -0.15) is 0 Å². The predicted octanol–water partition coefficient (Wildman–Crippen LogP) is 2.82. The van der Waals surface area contributed by atoms with Gasteiger partial charge in [0.25, 0.3) is 0 Å². The molecule has 1 aromatic carbocycles. The Morgan fingerprint density at radius 1 is 1.04 bits per heavy atom. The molecule has 0 radical (unpaired) electrons. The van der Waals surface area contributed by atoms with Gasteiger partial charge in [-0.1, -0.05) is 32.0 Å². The van der Waals surface area contributed by atoms with Crippen LogP contribution in [0.2, 0.25) is 0 Å². The zero-order chi connectivity index (χ0) is 17.8. The fraction of sp³-hybridized carbons (Fsp3) is 0.500. The molecule has 3 rings (SSSR count). The number of carbonyl (C=O) groups is 2. The van der Waals surface area contributed by atoms with Crippen LogP contribution in [-0.4, -0.2) is 52.8 Å². The highest BCUT2D eigenvalue weighted by atomic mass is 16.2. The van der Waals surface area contributed by atoms with E-state index in [0.29, 0.717) is 31.8 Å². The van der Waals surface area contributed by atoms with E-state index in [2.05, 4.69) is 18.8 Å². The number of nitrogens with zero attached hydrogens (tertiary/aromatic N) is 2. The molecule has 0 saturated carbocycles. The lowest BCUT2D eigenvalue weighted by atomic mass is 10.1. The molecule has 25 heavy (non-hydrogen) atoms. The number of fused-ring (bicyclic) bond motifs is 1. The van der Waals surface area contributed by atoms with Crippen molar-refractivity contribution in [2.75, 3.05) is 26.2 Å². The number of nitrogens with one attached hydrogen (secondary N) is 1. The summed E-state index contributed by atoms with van der Waals surface area (Å²) in [6, 6.07) is 8.05. The van der Waals surface area contributed by atoms with Crippen LogP contribution in [0, 0.1) is 5.92 Å². The molecule has 0 aliphatic carbocycles. The van der Waals surface area contributed by atoms with Gasteiger partial charge in [-0.25, -0.2) is 0 Å². The molecular weight excluding hydrogens is 314 g/mol. The van der Waals surface area contributed by atoms with E-state index < -0.39 is 0 Å². The summed E-state index contributed by atoms with van der Waals surface area (Å²) in [5.41, 5.74) is 2.10. The van der Waals surface area contributed by atoms with E-state index >= 15 is 0 Å². The van der Waals surface area contributed by atoms with Gasteiger partial charge in [-0.3, -0.25) is 9.59 Å². The van der Waals surface area contributed by atoms with E-state index in [1.807, 2.05) is 40.3 Å². The Bertz CT molecular complexity index is 750. The van der Waals surface area contributed by atoms with Crippen molar-refractivity contribution in [1.29, 1.82) is 0 Å². The normalized spacial score (nSPS) is 15.6. The highest BCUT2D eigenvalue weighted by Crippen LogP contribution is 2.19. The fourth-order valence-electron chi connectivity index (χ4n) is 3.45. The Morgan fingerprint density at radius 2 is 1.72 bits per heavy atom. The number of amides is 2. The second kappa shape index (κ2) is 7.72. The molecule has 1 aliphatic heterocycles. The molecule has 0 atom stereocenters. The van der Waals surface area contributed by atoms with Crippen molar-refractivity contribution in [3.63, 3.8) is 0 Å². The van der Waals surface area contributed by atoms with E-state index in [0.717, 1.165) is 36.0 Å². The number of hydrogen-bond acceptors (Lipinski definition) is 2. The van der Waals surface area contributed by atoms with Crippen molar-refractivity contribution < 1.29 is 9.59 Å². The molecule has 1 aromatic heterocycles. The maximum absolute atomic E-state index is 12.7.